The van der Waals surface area contributed by atoms with Gasteiger partial charge in [-0.05, 0) is 6.42 Å². The highest BCUT2D eigenvalue weighted by Crippen LogP contribution is 2.11. The maximum absolute atomic E-state index is 8.89. The minimum atomic E-state index is -1.00. The first-order chi connectivity index (χ1) is 4.22. The fourth-order valence-corrected chi connectivity index (χ4v) is 0.838. The van der Waals surface area contributed by atoms with Gasteiger partial charge in [-0.2, -0.15) is 0 Å². The number of aliphatic hydroxyl groups excluding tert-OH is 3. The van der Waals surface area contributed by atoms with E-state index in [-0.39, 0.29) is 0 Å². The molecule has 0 saturated carbocycles. The topological polar surface area (TPSA) is 60.7 Å². The fraction of sp³-hybridized carbons (Fsp3) is 0.667. The summed E-state index contributed by atoms with van der Waals surface area (Å²) in [4.78, 5) is 0. The smallest absolute Gasteiger partial charge is 0.110 e. The molecule has 1 aliphatic carbocycles. The quantitative estimate of drug-likeness (QED) is 0.370. The zero-order valence-corrected chi connectivity index (χ0v) is 4.94. The van der Waals surface area contributed by atoms with Gasteiger partial charge in [-0.15, -0.1) is 0 Å². The molecule has 0 heterocycles. The molecule has 0 radical (unpaired) electrons. The highest BCUT2D eigenvalue weighted by atomic mass is 16.4. The van der Waals surface area contributed by atoms with Gasteiger partial charge in [0.05, 0.1) is 6.10 Å². The van der Waals surface area contributed by atoms with Gasteiger partial charge < -0.3 is 15.3 Å². The molecule has 3 atom stereocenters. The van der Waals surface area contributed by atoms with Crippen molar-refractivity contribution in [2.75, 3.05) is 0 Å². The predicted molar refractivity (Wildman–Crippen MR) is 31.8 cm³/mol. The third-order valence-electron chi connectivity index (χ3n) is 1.45. The molecular formula is C6H10O3. The third-order valence-corrected chi connectivity index (χ3v) is 1.45. The Balaban J connectivity index is 2.58. The minimum Gasteiger partial charge on any atom is -0.390 e. The van der Waals surface area contributed by atoms with E-state index in [0.717, 1.165) is 0 Å². The summed E-state index contributed by atoms with van der Waals surface area (Å²) < 4.78 is 0. The third kappa shape index (κ3) is 1.30. The van der Waals surface area contributed by atoms with Crippen molar-refractivity contribution in [1.82, 2.24) is 0 Å². The Morgan fingerprint density at radius 2 is 1.89 bits per heavy atom. The van der Waals surface area contributed by atoms with Crippen molar-refractivity contribution in [2.24, 2.45) is 0 Å². The van der Waals surface area contributed by atoms with Gasteiger partial charge in [-0.25, -0.2) is 0 Å². The monoisotopic (exact) mass is 130 g/mol. The maximum atomic E-state index is 8.89. The van der Waals surface area contributed by atoms with Crippen LogP contribution in [0.2, 0.25) is 0 Å². The molecule has 3 N–H and O–H groups in total. The van der Waals surface area contributed by atoms with E-state index in [2.05, 4.69) is 0 Å². The van der Waals surface area contributed by atoms with E-state index in [9.17, 15) is 0 Å². The molecule has 0 unspecified atom stereocenters. The molecule has 0 aromatic heterocycles. The Bertz CT molecular complexity index is 121. The first-order valence-corrected chi connectivity index (χ1v) is 2.92. The molecule has 0 bridgehead atoms. The van der Waals surface area contributed by atoms with Gasteiger partial charge in [0.1, 0.15) is 12.2 Å². The van der Waals surface area contributed by atoms with Gasteiger partial charge in [-0.1, -0.05) is 12.2 Å². The van der Waals surface area contributed by atoms with Crippen LogP contribution in [0.25, 0.3) is 0 Å². The molecule has 9 heavy (non-hydrogen) atoms. The SMILES string of the molecule is O[C@@H]1[C@H](O)C=CC[C@H]1O. The van der Waals surface area contributed by atoms with Crippen LogP contribution in [0.3, 0.4) is 0 Å². The highest BCUT2D eigenvalue weighted by Gasteiger charge is 2.24. The first-order valence-electron chi connectivity index (χ1n) is 2.92. The molecule has 3 heteroatoms. The van der Waals surface area contributed by atoms with Crippen LogP contribution < -0.4 is 0 Å². The average molecular weight is 130 g/mol. The number of hydrogen-bond donors (Lipinski definition) is 3. The summed E-state index contributed by atoms with van der Waals surface area (Å²) in [6.45, 7) is 0. The molecule has 1 rings (SSSR count). The lowest BCUT2D eigenvalue weighted by molar-refractivity contribution is -0.0453. The van der Waals surface area contributed by atoms with Crippen LogP contribution in [0.5, 0.6) is 0 Å². The molecule has 1 aliphatic rings. The fourth-order valence-electron chi connectivity index (χ4n) is 0.838. The van der Waals surface area contributed by atoms with E-state index >= 15 is 0 Å². The van der Waals surface area contributed by atoms with Gasteiger partial charge in [0, 0.05) is 0 Å². The Morgan fingerprint density at radius 3 is 2.33 bits per heavy atom. The van der Waals surface area contributed by atoms with Crippen LogP contribution in [0, 0.1) is 0 Å². The highest BCUT2D eigenvalue weighted by molar-refractivity contribution is 5.01. The lowest BCUT2D eigenvalue weighted by Gasteiger charge is -2.23. The van der Waals surface area contributed by atoms with Crippen LogP contribution in [0.4, 0.5) is 0 Å². The van der Waals surface area contributed by atoms with Crippen molar-refractivity contribution in [2.45, 2.75) is 24.7 Å². The largest absolute Gasteiger partial charge is 0.390 e. The second-order valence-corrected chi connectivity index (χ2v) is 2.21. The number of aliphatic hydroxyl groups is 3. The standard InChI is InChI=1S/C6H10O3/c7-4-2-1-3-5(8)6(4)9/h1-2,4-9H,3H2/t4-,5-,6-/m1/s1. The van der Waals surface area contributed by atoms with E-state index in [1.54, 1.807) is 6.08 Å². The van der Waals surface area contributed by atoms with Crippen LogP contribution >= 0.6 is 0 Å². The molecule has 52 valence electrons. The average Bonchev–Trinajstić information content (AvgIpc) is 1.83. The summed E-state index contributed by atoms with van der Waals surface area (Å²) in [6, 6.07) is 0. The van der Waals surface area contributed by atoms with Gasteiger partial charge >= 0.3 is 0 Å². The lowest BCUT2D eigenvalue weighted by atomic mass is 9.99. The number of rotatable bonds is 0. The summed E-state index contributed by atoms with van der Waals surface area (Å²) in [7, 11) is 0. The van der Waals surface area contributed by atoms with Gasteiger partial charge in [-0.3, -0.25) is 0 Å². The molecule has 0 aromatic rings. The second-order valence-electron chi connectivity index (χ2n) is 2.21. The van der Waals surface area contributed by atoms with Crippen LogP contribution in [0.1, 0.15) is 6.42 Å². The van der Waals surface area contributed by atoms with Crippen LogP contribution in [-0.2, 0) is 0 Å². The molecular weight excluding hydrogens is 120 g/mol. The van der Waals surface area contributed by atoms with Crippen molar-refractivity contribution in [3.63, 3.8) is 0 Å². The second kappa shape index (κ2) is 2.47. The van der Waals surface area contributed by atoms with E-state index < -0.39 is 18.3 Å². The van der Waals surface area contributed by atoms with Crippen LogP contribution in [-0.4, -0.2) is 33.6 Å². The van der Waals surface area contributed by atoms with Crippen molar-refractivity contribution in [3.8, 4) is 0 Å². The normalized spacial score (nSPS) is 43.2. The first kappa shape index (κ1) is 6.74. The Kier molecular flexibility index (Phi) is 1.85. The van der Waals surface area contributed by atoms with Gasteiger partial charge in [0.15, 0.2) is 0 Å². The Hall–Kier alpha value is -0.380. The Morgan fingerprint density at radius 1 is 1.22 bits per heavy atom. The van der Waals surface area contributed by atoms with E-state index in [1.165, 1.54) is 6.08 Å². The molecule has 0 fully saturated rings. The zero-order valence-electron chi connectivity index (χ0n) is 4.94. The maximum Gasteiger partial charge on any atom is 0.110 e. The Labute approximate surface area is 53.3 Å². The molecule has 0 saturated heterocycles. The van der Waals surface area contributed by atoms with Crippen molar-refractivity contribution >= 4 is 0 Å². The van der Waals surface area contributed by atoms with Crippen LogP contribution in [0.15, 0.2) is 12.2 Å². The van der Waals surface area contributed by atoms with E-state index in [1.807, 2.05) is 0 Å². The minimum absolute atomic E-state index is 0.429. The van der Waals surface area contributed by atoms with Crippen molar-refractivity contribution < 1.29 is 15.3 Å². The van der Waals surface area contributed by atoms with E-state index in [4.69, 9.17) is 15.3 Å². The molecule has 0 aromatic carbocycles. The molecule has 0 spiro atoms. The molecule has 3 nitrogen and oxygen atoms in total. The summed E-state index contributed by atoms with van der Waals surface area (Å²) in [5.41, 5.74) is 0. The zero-order chi connectivity index (χ0) is 6.85. The van der Waals surface area contributed by atoms with Crippen molar-refractivity contribution in [3.05, 3.63) is 12.2 Å². The predicted octanol–water partition coefficient (Wildman–Crippen LogP) is -0.971. The van der Waals surface area contributed by atoms with Crippen molar-refractivity contribution in [1.29, 1.82) is 0 Å². The lowest BCUT2D eigenvalue weighted by Crippen LogP contribution is -2.38. The van der Waals surface area contributed by atoms with E-state index in [0.29, 0.717) is 6.42 Å². The summed E-state index contributed by atoms with van der Waals surface area (Å²) in [5.74, 6) is 0. The summed E-state index contributed by atoms with van der Waals surface area (Å²) in [6.07, 6.45) is 0.867. The van der Waals surface area contributed by atoms with Gasteiger partial charge in [0.25, 0.3) is 0 Å². The number of hydrogen-bond acceptors (Lipinski definition) is 3. The molecule has 0 aliphatic heterocycles. The molecule has 0 amide bonds. The summed E-state index contributed by atoms with van der Waals surface area (Å²) >= 11 is 0. The van der Waals surface area contributed by atoms with Gasteiger partial charge in [0.2, 0.25) is 0 Å². The summed E-state index contributed by atoms with van der Waals surface area (Å²) in [5, 5.41) is 26.6.